The number of rotatable bonds is 5. The molecule has 0 aliphatic carbocycles. The predicted molar refractivity (Wildman–Crippen MR) is 115 cm³/mol. The molecule has 4 nitrogen and oxygen atoms in total. The molecule has 27 heavy (non-hydrogen) atoms. The summed E-state index contributed by atoms with van der Waals surface area (Å²) in [5.74, 6) is 0.784. The lowest BCUT2D eigenvalue weighted by Gasteiger charge is -2.13. The Bertz CT molecular complexity index is 929. The Kier molecular flexibility index (Phi) is 6.32. The highest BCUT2D eigenvalue weighted by Crippen LogP contribution is 2.39. The summed E-state index contributed by atoms with van der Waals surface area (Å²) < 4.78 is 11.8. The van der Waals surface area contributed by atoms with Crippen molar-refractivity contribution in [2.24, 2.45) is 0 Å². The third kappa shape index (κ3) is 4.58. The van der Waals surface area contributed by atoms with Gasteiger partial charge in [0.1, 0.15) is 10.9 Å². The van der Waals surface area contributed by atoms with Crippen molar-refractivity contribution < 1.29 is 14.3 Å². The number of benzene rings is 2. The van der Waals surface area contributed by atoms with Crippen LogP contribution in [0, 0.1) is 0 Å². The Morgan fingerprint density at radius 2 is 1.93 bits per heavy atom. The summed E-state index contributed by atoms with van der Waals surface area (Å²) in [7, 11) is 3.19. The van der Waals surface area contributed by atoms with Crippen molar-refractivity contribution in [3.63, 3.8) is 0 Å². The number of amides is 1. The minimum atomic E-state index is -0.136. The van der Waals surface area contributed by atoms with Crippen LogP contribution in [0.2, 0.25) is 10.0 Å². The van der Waals surface area contributed by atoms with E-state index in [1.165, 1.54) is 23.8 Å². The number of methoxy groups -OCH3 is 1. The van der Waals surface area contributed by atoms with Crippen LogP contribution in [-0.2, 0) is 11.4 Å². The molecule has 2 aromatic carbocycles. The van der Waals surface area contributed by atoms with E-state index in [0.717, 1.165) is 11.1 Å². The molecule has 2 aromatic rings. The zero-order valence-corrected chi connectivity index (χ0v) is 17.6. The largest absolute Gasteiger partial charge is 0.493 e. The molecule has 0 N–H and O–H groups in total. The number of hydrogen-bond donors (Lipinski definition) is 0. The highest BCUT2D eigenvalue weighted by Gasteiger charge is 2.28. The van der Waals surface area contributed by atoms with Crippen LogP contribution in [0.1, 0.15) is 11.1 Å². The van der Waals surface area contributed by atoms with Crippen molar-refractivity contribution in [3.8, 4) is 11.5 Å². The molecule has 3 rings (SSSR count). The minimum Gasteiger partial charge on any atom is -0.493 e. The van der Waals surface area contributed by atoms with E-state index in [-0.39, 0.29) is 5.91 Å². The monoisotopic (exact) mass is 439 g/mol. The first kappa shape index (κ1) is 20.0. The second-order valence-electron chi connectivity index (χ2n) is 5.69. The van der Waals surface area contributed by atoms with Gasteiger partial charge in [-0.3, -0.25) is 9.69 Å². The second kappa shape index (κ2) is 8.52. The van der Waals surface area contributed by atoms with Gasteiger partial charge in [0.15, 0.2) is 11.5 Å². The van der Waals surface area contributed by atoms with Crippen molar-refractivity contribution in [1.29, 1.82) is 0 Å². The summed E-state index contributed by atoms with van der Waals surface area (Å²) in [6.07, 6.45) is 1.74. The molecule has 1 saturated heterocycles. The van der Waals surface area contributed by atoms with Crippen LogP contribution in [0.3, 0.4) is 0 Å². The summed E-state index contributed by atoms with van der Waals surface area (Å²) in [5.41, 5.74) is 1.68. The van der Waals surface area contributed by atoms with Gasteiger partial charge >= 0.3 is 0 Å². The van der Waals surface area contributed by atoms with E-state index in [1.807, 2.05) is 12.1 Å². The maximum atomic E-state index is 12.2. The summed E-state index contributed by atoms with van der Waals surface area (Å²) >= 11 is 18.7. The first-order valence-electron chi connectivity index (χ1n) is 7.85. The average Bonchev–Trinajstić information content (AvgIpc) is 2.88. The third-order valence-electron chi connectivity index (χ3n) is 3.83. The van der Waals surface area contributed by atoms with Gasteiger partial charge < -0.3 is 9.47 Å². The lowest BCUT2D eigenvalue weighted by Crippen LogP contribution is -2.22. The van der Waals surface area contributed by atoms with Crippen LogP contribution < -0.4 is 9.47 Å². The number of thioether (sulfide) groups is 1. The molecule has 0 spiro atoms. The Labute approximate surface area is 177 Å². The molecule has 1 heterocycles. The fraction of sp³-hybridized carbons (Fsp3) is 0.158. The molecule has 0 unspecified atom stereocenters. The SMILES string of the molecule is COc1cc(C=C2SC(=S)N(C)C2=O)cc(Cl)c1OCc1ccc(Cl)cc1. The normalized spacial score (nSPS) is 15.6. The first-order valence-corrected chi connectivity index (χ1v) is 9.83. The van der Waals surface area contributed by atoms with E-state index in [9.17, 15) is 4.79 Å². The van der Waals surface area contributed by atoms with Gasteiger partial charge in [-0.25, -0.2) is 0 Å². The van der Waals surface area contributed by atoms with Gasteiger partial charge in [0, 0.05) is 12.1 Å². The maximum absolute atomic E-state index is 12.2. The van der Waals surface area contributed by atoms with Gasteiger partial charge in [-0.2, -0.15) is 0 Å². The molecular formula is C19H15Cl2NO3S2. The zero-order chi connectivity index (χ0) is 19.6. The number of hydrogen-bond acceptors (Lipinski definition) is 5. The summed E-state index contributed by atoms with van der Waals surface area (Å²) in [4.78, 5) is 14.1. The van der Waals surface area contributed by atoms with Gasteiger partial charge in [-0.15, -0.1) is 0 Å². The topological polar surface area (TPSA) is 38.8 Å². The molecule has 0 bridgehead atoms. The number of carbonyl (C=O) groups excluding carboxylic acids is 1. The van der Waals surface area contributed by atoms with Gasteiger partial charge in [-0.05, 0) is 41.5 Å². The molecule has 140 valence electrons. The van der Waals surface area contributed by atoms with Crippen LogP contribution in [0.5, 0.6) is 11.5 Å². The van der Waals surface area contributed by atoms with E-state index in [0.29, 0.717) is 37.4 Å². The van der Waals surface area contributed by atoms with Gasteiger partial charge in [0.2, 0.25) is 0 Å². The van der Waals surface area contributed by atoms with Crippen molar-refractivity contribution in [2.75, 3.05) is 14.2 Å². The summed E-state index contributed by atoms with van der Waals surface area (Å²) in [6, 6.07) is 10.8. The molecule has 0 radical (unpaired) electrons. The van der Waals surface area contributed by atoms with Gasteiger partial charge in [0.05, 0.1) is 17.0 Å². The van der Waals surface area contributed by atoms with Crippen molar-refractivity contribution >= 4 is 63.5 Å². The van der Waals surface area contributed by atoms with E-state index < -0.39 is 0 Å². The number of thiocarbonyl (C=S) groups is 1. The van der Waals surface area contributed by atoms with Gasteiger partial charge in [-0.1, -0.05) is 59.3 Å². The van der Waals surface area contributed by atoms with E-state index in [2.05, 4.69) is 0 Å². The highest BCUT2D eigenvalue weighted by atomic mass is 35.5. The van der Waals surface area contributed by atoms with Crippen molar-refractivity contribution in [1.82, 2.24) is 4.90 Å². The van der Waals surface area contributed by atoms with Crippen molar-refractivity contribution in [2.45, 2.75) is 6.61 Å². The smallest absolute Gasteiger partial charge is 0.265 e. The Morgan fingerprint density at radius 3 is 2.52 bits per heavy atom. The quantitative estimate of drug-likeness (QED) is 0.459. The number of nitrogens with zero attached hydrogens (tertiary/aromatic N) is 1. The Balaban J connectivity index is 1.84. The van der Waals surface area contributed by atoms with Crippen LogP contribution in [0.25, 0.3) is 6.08 Å². The third-order valence-corrected chi connectivity index (χ3v) is 5.85. The number of likely N-dealkylation sites (N-methyl/N-ethyl adjacent to an activating group) is 1. The number of ether oxygens (including phenoxy) is 2. The average molecular weight is 440 g/mol. The molecular weight excluding hydrogens is 425 g/mol. The lowest BCUT2D eigenvalue weighted by molar-refractivity contribution is -0.121. The van der Waals surface area contributed by atoms with Crippen LogP contribution in [-0.4, -0.2) is 29.3 Å². The molecule has 0 aromatic heterocycles. The predicted octanol–water partition coefficient (Wildman–Crippen LogP) is 5.41. The fourth-order valence-electron chi connectivity index (χ4n) is 2.40. The molecule has 1 fully saturated rings. The van der Waals surface area contributed by atoms with E-state index in [1.54, 1.807) is 37.4 Å². The second-order valence-corrected chi connectivity index (χ2v) is 8.21. The Morgan fingerprint density at radius 1 is 1.22 bits per heavy atom. The summed E-state index contributed by atoms with van der Waals surface area (Å²) in [6.45, 7) is 0.321. The number of halogens is 2. The molecule has 8 heteroatoms. The lowest BCUT2D eigenvalue weighted by atomic mass is 10.1. The molecule has 1 aliphatic rings. The maximum Gasteiger partial charge on any atom is 0.265 e. The van der Waals surface area contributed by atoms with E-state index >= 15 is 0 Å². The summed E-state index contributed by atoms with van der Waals surface area (Å²) in [5, 5.41) is 1.05. The fourth-order valence-corrected chi connectivity index (χ4v) is 3.98. The van der Waals surface area contributed by atoms with Crippen LogP contribution >= 0.6 is 47.2 Å². The molecule has 0 saturated carbocycles. The molecule has 1 amide bonds. The van der Waals surface area contributed by atoms with Crippen molar-refractivity contribution in [3.05, 3.63) is 62.5 Å². The number of carbonyl (C=O) groups is 1. The molecule has 0 atom stereocenters. The van der Waals surface area contributed by atoms with Gasteiger partial charge in [0.25, 0.3) is 5.91 Å². The minimum absolute atomic E-state index is 0.136. The van der Waals surface area contributed by atoms with Crippen LogP contribution in [0.15, 0.2) is 41.3 Å². The Hall–Kier alpha value is -1.73. The van der Waals surface area contributed by atoms with Crippen LogP contribution in [0.4, 0.5) is 0 Å². The highest BCUT2D eigenvalue weighted by molar-refractivity contribution is 8.26. The van der Waals surface area contributed by atoms with E-state index in [4.69, 9.17) is 44.9 Å². The molecule has 1 aliphatic heterocycles. The first-order chi connectivity index (χ1) is 12.9. The standard InChI is InChI=1S/C19H15Cl2NO3S2/c1-22-18(23)16(27-19(22)26)9-12-7-14(21)17(15(8-12)24-2)25-10-11-3-5-13(20)6-4-11/h3-9H,10H2,1-2H3. The zero-order valence-electron chi connectivity index (χ0n) is 14.5.